The third-order valence-corrected chi connectivity index (χ3v) is 5.98. The minimum atomic E-state index is -0.330. The molecule has 1 fully saturated rings. The summed E-state index contributed by atoms with van der Waals surface area (Å²) < 4.78 is 25.0. The number of hydrogen-bond acceptors (Lipinski definition) is 7. The Bertz CT molecular complexity index is 1140. The Morgan fingerprint density at radius 2 is 1.97 bits per heavy atom. The SMILES string of the molecule is CC(c1nnc(-c2cccc(Cl)c2)o1)N1CCCC(c2nc(-c3cccc(F)c3)no2)C1. The molecular formula is C23H21ClFN5O2. The summed E-state index contributed by atoms with van der Waals surface area (Å²) in [7, 11) is 0. The van der Waals surface area contributed by atoms with Crippen LogP contribution in [-0.4, -0.2) is 38.3 Å². The zero-order valence-corrected chi connectivity index (χ0v) is 18.2. The third kappa shape index (κ3) is 4.28. The van der Waals surface area contributed by atoms with E-state index in [1.165, 1.54) is 12.1 Å². The van der Waals surface area contributed by atoms with E-state index >= 15 is 0 Å². The van der Waals surface area contributed by atoms with Crippen molar-refractivity contribution in [3.63, 3.8) is 0 Å². The average Bonchev–Trinajstić information content (AvgIpc) is 3.49. The normalized spacial score (nSPS) is 18.0. The van der Waals surface area contributed by atoms with Crippen LogP contribution in [0, 0.1) is 5.82 Å². The Morgan fingerprint density at radius 3 is 2.81 bits per heavy atom. The smallest absolute Gasteiger partial charge is 0.247 e. The Balaban J connectivity index is 1.30. The van der Waals surface area contributed by atoms with Gasteiger partial charge in [0, 0.05) is 22.7 Å². The van der Waals surface area contributed by atoms with E-state index in [1.807, 2.05) is 19.1 Å². The van der Waals surface area contributed by atoms with Crippen molar-refractivity contribution in [2.24, 2.45) is 0 Å². The molecule has 3 heterocycles. The summed E-state index contributed by atoms with van der Waals surface area (Å²) in [5.41, 5.74) is 1.39. The molecule has 2 aromatic carbocycles. The van der Waals surface area contributed by atoms with Gasteiger partial charge in [-0.1, -0.05) is 35.0 Å². The molecule has 7 nitrogen and oxygen atoms in total. The highest BCUT2D eigenvalue weighted by molar-refractivity contribution is 6.30. The number of piperidine rings is 1. The van der Waals surface area contributed by atoms with Gasteiger partial charge in [-0.15, -0.1) is 10.2 Å². The monoisotopic (exact) mass is 453 g/mol. The Kier molecular flexibility index (Phi) is 5.71. The summed E-state index contributed by atoms with van der Waals surface area (Å²) in [6.45, 7) is 3.67. The maximum atomic E-state index is 13.5. The molecule has 1 aliphatic heterocycles. The second-order valence-corrected chi connectivity index (χ2v) is 8.37. The van der Waals surface area contributed by atoms with Gasteiger partial charge in [0.2, 0.25) is 23.5 Å². The summed E-state index contributed by atoms with van der Waals surface area (Å²) >= 11 is 6.07. The van der Waals surface area contributed by atoms with E-state index in [9.17, 15) is 4.39 Å². The molecule has 0 radical (unpaired) electrons. The number of halogens is 2. The number of hydrogen-bond donors (Lipinski definition) is 0. The first-order valence-electron chi connectivity index (χ1n) is 10.5. The molecule has 0 spiro atoms. The Morgan fingerprint density at radius 1 is 1.12 bits per heavy atom. The number of benzene rings is 2. The molecule has 1 aliphatic rings. The lowest BCUT2D eigenvalue weighted by Gasteiger charge is -2.33. The van der Waals surface area contributed by atoms with Crippen molar-refractivity contribution in [2.75, 3.05) is 13.1 Å². The van der Waals surface area contributed by atoms with Crippen LogP contribution in [0.5, 0.6) is 0 Å². The van der Waals surface area contributed by atoms with Crippen molar-refractivity contribution in [3.05, 3.63) is 71.2 Å². The molecule has 0 amide bonds. The lowest BCUT2D eigenvalue weighted by molar-refractivity contribution is 0.128. The molecule has 9 heteroatoms. The van der Waals surface area contributed by atoms with Gasteiger partial charge in [-0.25, -0.2) is 4.39 Å². The van der Waals surface area contributed by atoms with Gasteiger partial charge in [0.15, 0.2) is 0 Å². The summed E-state index contributed by atoms with van der Waals surface area (Å²) in [4.78, 5) is 6.80. The van der Waals surface area contributed by atoms with Gasteiger partial charge in [-0.2, -0.15) is 4.98 Å². The van der Waals surface area contributed by atoms with Crippen molar-refractivity contribution >= 4 is 11.6 Å². The van der Waals surface area contributed by atoms with Crippen LogP contribution in [0.2, 0.25) is 5.02 Å². The van der Waals surface area contributed by atoms with Gasteiger partial charge in [-0.05, 0) is 56.6 Å². The highest BCUT2D eigenvalue weighted by Crippen LogP contribution is 2.33. The van der Waals surface area contributed by atoms with E-state index in [1.54, 1.807) is 24.3 Å². The summed E-state index contributed by atoms with van der Waals surface area (Å²) in [5, 5.41) is 13.1. The lowest BCUT2D eigenvalue weighted by Crippen LogP contribution is -2.36. The average molecular weight is 454 g/mol. The summed E-state index contributed by atoms with van der Waals surface area (Å²) in [6.07, 6.45) is 1.91. The van der Waals surface area contributed by atoms with E-state index in [2.05, 4.69) is 25.2 Å². The van der Waals surface area contributed by atoms with Crippen LogP contribution in [0.4, 0.5) is 4.39 Å². The molecule has 164 valence electrons. The first-order valence-corrected chi connectivity index (χ1v) is 10.9. The summed E-state index contributed by atoms with van der Waals surface area (Å²) in [6, 6.07) is 13.5. The van der Waals surface area contributed by atoms with E-state index in [0.717, 1.165) is 31.5 Å². The molecule has 1 saturated heterocycles. The highest BCUT2D eigenvalue weighted by atomic mass is 35.5. The van der Waals surface area contributed by atoms with Gasteiger partial charge in [0.05, 0.1) is 12.0 Å². The number of nitrogens with zero attached hydrogens (tertiary/aromatic N) is 5. The molecule has 32 heavy (non-hydrogen) atoms. The van der Waals surface area contributed by atoms with E-state index in [-0.39, 0.29) is 17.8 Å². The largest absolute Gasteiger partial charge is 0.419 e. The van der Waals surface area contributed by atoms with Gasteiger partial charge in [0.25, 0.3) is 0 Å². The van der Waals surface area contributed by atoms with Gasteiger partial charge < -0.3 is 8.94 Å². The number of likely N-dealkylation sites (tertiary alicyclic amines) is 1. The molecule has 2 atom stereocenters. The molecular weight excluding hydrogens is 433 g/mol. The zero-order valence-electron chi connectivity index (χ0n) is 17.4. The second-order valence-electron chi connectivity index (χ2n) is 7.93. The van der Waals surface area contributed by atoms with Crippen LogP contribution in [0.25, 0.3) is 22.8 Å². The van der Waals surface area contributed by atoms with Crippen molar-refractivity contribution < 1.29 is 13.3 Å². The molecule has 2 unspecified atom stereocenters. The Hall–Kier alpha value is -3.10. The fourth-order valence-electron chi connectivity index (χ4n) is 4.00. The maximum Gasteiger partial charge on any atom is 0.247 e. The van der Waals surface area contributed by atoms with Crippen molar-refractivity contribution in [3.8, 4) is 22.8 Å². The predicted molar refractivity (Wildman–Crippen MR) is 116 cm³/mol. The number of rotatable bonds is 5. The van der Waals surface area contributed by atoms with Crippen molar-refractivity contribution in [1.29, 1.82) is 0 Å². The maximum absolute atomic E-state index is 13.5. The van der Waals surface area contributed by atoms with Crippen LogP contribution in [-0.2, 0) is 0 Å². The molecule has 2 aromatic heterocycles. The second kappa shape index (κ2) is 8.80. The van der Waals surface area contributed by atoms with Crippen molar-refractivity contribution in [1.82, 2.24) is 25.2 Å². The van der Waals surface area contributed by atoms with Crippen LogP contribution in [0.1, 0.15) is 43.5 Å². The lowest BCUT2D eigenvalue weighted by atomic mass is 9.96. The van der Waals surface area contributed by atoms with Crippen LogP contribution in [0.3, 0.4) is 0 Å². The molecule has 0 aliphatic carbocycles. The van der Waals surface area contributed by atoms with Gasteiger partial charge in [0.1, 0.15) is 5.82 Å². The Labute approximate surface area is 189 Å². The van der Waals surface area contributed by atoms with E-state index < -0.39 is 0 Å². The molecule has 0 N–H and O–H groups in total. The predicted octanol–water partition coefficient (Wildman–Crippen LogP) is 5.52. The standard InChI is InChI=1S/C23H21ClFN5O2/c1-14(21-27-28-23(31-21)16-6-2-8-18(24)11-16)30-10-4-7-17(13-30)22-26-20(29-32-22)15-5-3-9-19(25)12-15/h2-3,5-6,8-9,11-12,14,17H,4,7,10,13H2,1H3. The van der Waals surface area contributed by atoms with Crippen molar-refractivity contribution in [2.45, 2.75) is 31.7 Å². The molecule has 5 rings (SSSR count). The number of aromatic nitrogens is 4. The quantitative estimate of drug-likeness (QED) is 0.393. The molecule has 0 saturated carbocycles. The highest BCUT2D eigenvalue weighted by Gasteiger charge is 2.31. The van der Waals surface area contributed by atoms with Gasteiger partial charge in [-0.3, -0.25) is 4.90 Å². The first kappa shape index (κ1) is 20.8. The fraction of sp³-hybridized carbons (Fsp3) is 0.304. The fourth-order valence-corrected chi connectivity index (χ4v) is 4.19. The topological polar surface area (TPSA) is 81.1 Å². The van der Waals surface area contributed by atoms with Crippen LogP contribution >= 0.6 is 11.6 Å². The van der Waals surface area contributed by atoms with Crippen LogP contribution in [0.15, 0.2) is 57.5 Å². The first-order chi connectivity index (χ1) is 15.6. The van der Waals surface area contributed by atoms with Crippen LogP contribution < -0.4 is 0 Å². The third-order valence-electron chi connectivity index (χ3n) is 5.74. The zero-order chi connectivity index (χ0) is 22.1. The molecule has 0 bridgehead atoms. The van der Waals surface area contributed by atoms with Gasteiger partial charge >= 0.3 is 0 Å². The minimum Gasteiger partial charge on any atom is -0.419 e. The summed E-state index contributed by atoms with van der Waals surface area (Å²) in [5.74, 6) is 1.70. The van der Waals surface area contributed by atoms with E-state index in [4.69, 9.17) is 20.5 Å². The molecule has 4 aromatic rings. The minimum absolute atomic E-state index is 0.0659. The van der Waals surface area contributed by atoms with E-state index in [0.29, 0.717) is 34.1 Å².